The van der Waals surface area contributed by atoms with Gasteiger partial charge in [-0.1, -0.05) is 47.7 Å². The van der Waals surface area contributed by atoms with Crippen LogP contribution in [-0.2, 0) is 20.8 Å². The van der Waals surface area contributed by atoms with E-state index >= 15 is 0 Å². The molecule has 3 aromatic rings. The predicted octanol–water partition coefficient (Wildman–Crippen LogP) is 4.33. The third kappa shape index (κ3) is 3.66. The number of carbonyl (C=O) groups is 1. The minimum Gasteiger partial charge on any atom is -0.494 e. The number of fused-ring (bicyclic) bond motifs is 1. The maximum Gasteiger partial charge on any atom is 0.298 e. The van der Waals surface area contributed by atoms with Gasteiger partial charge in [0.05, 0.1) is 16.8 Å². The Kier molecular flexibility index (Phi) is 4.81. The number of carbonyl (C=O) groups excluding carboxylic acids is 1. The second-order valence-corrected chi connectivity index (χ2v) is 7.48. The number of hydrogen-bond donors (Lipinski definition) is 0. The number of thiazole rings is 1. The van der Waals surface area contributed by atoms with Crippen LogP contribution in [0.3, 0.4) is 0 Å². The van der Waals surface area contributed by atoms with Crippen molar-refractivity contribution in [1.29, 1.82) is 0 Å². The Morgan fingerprint density at radius 2 is 2.00 bits per heavy atom. The van der Waals surface area contributed by atoms with E-state index in [4.69, 9.17) is 14.5 Å². The summed E-state index contributed by atoms with van der Waals surface area (Å²) in [4.78, 5) is 19.6. The standard InChI is InChI=1S/C21H20N2O3S/c1-14-10-15(2)19-17(11-14)22-21(27-19)23(12-16-6-4-3-5-7-16)20(24)18-13-25-8-9-26-18/h3-7,10-11,13H,8-9,12H2,1-2H3. The van der Waals surface area contributed by atoms with Gasteiger partial charge in [-0.15, -0.1) is 0 Å². The number of aromatic nitrogens is 1. The molecule has 0 radical (unpaired) electrons. The fourth-order valence-corrected chi connectivity index (χ4v) is 4.10. The zero-order valence-corrected chi connectivity index (χ0v) is 16.1. The van der Waals surface area contributed by atoms with Gasteiger partial charge >= 0.3 is 0 Å². The van der Waals surface area contributed by atoms with Crippen LogP contribution in [0.1, 0.15) is 16.7 Å². The maximum atomic E-state index is 13.2. The van der Waals surface area contributed by atoms with E-state index < -0.39 is 0 Å². The van der Waals surface area contributed by atoms with Crippen molar-refractivity contribution in [1.82, 2.24) is 4.98 Å². The van der Waals surface area contributed by atoms with Gasteiger partial charge in [-0.25, -0.2) is 4.98 Å². The van der Waals surface area contributed by atoms with Gasteiger partial charge in [0.2, 0.25) is 5.76 Å². The largest absolute Gasteiger partial charge is 0.494 e. The monoisotopic (exact) mass is 380 g/mol. The second kappa shape index (κ2) is 7.40. The molecule has 0 unspecified atom stereocenters. The van der Waals surface area contributed by atoms with Gasteiger partial charge in [0.15, 0.2) is 5.13 Å². The van der Waals surface area contributed by atoms with Crippen LogP contribution in [-0.4, -0.2) is 24.1 Å². The maximum absolute atomic E-state index is 13.2. The minimum atomic E-state index is -0.244. The molecule has 1 aromatic heterocycles. The molecule has 0 saturated heterocycles. The summed E-state index contributed by atoms with van der Waals surface area (Å²) in [5.74, 6) is -0.0312. The Morgan fingerprint density at radius 3 is 2.74 bits per heavy atom. The number of ether oxygens (including phenoxy) is 2. The summed E-state index contributed by atoms with van der Waals surface area (Å²) < 4.78 is 11.9. The van der Waals surface area contributed by atoms with E-state index in [1.165, 1.54) is 17.6 Å². The lowest BCUT2D eigenvalue weighted by Crippen LogP contribution is -2.33. The van der Waals surface area contributed by atoms with Crippen molar-refractivity contribution in [3.63, 3.8) is 0 Å². The highest BCUT2D eigenvalue weighted by molar-refractivity contribution is 7.22. The Labute approximate surface area is 161 Å². The summed E-state index contributed by atoms with van der Waals surface area (Å²) >= 11 is 1.52. The fraction of sp³-hybridized carbons (Fsp3) is 0.238. The second-order valence-electron chi connectivity index (χ2n) is 6.50. The first-order valence-electron chi connectivity index (χ1n) is 8.80. The molecule has 1 amide bonds. The van der Waals surface area contributed by atoms with Crippen LogP contribution >= 0.6 is 11.3 Å². The van der Waals surface area contributed by atoms with Crippen LogP contribution in [0.5, 0.6) is 0 Å². The fourth-order valence-electron chi connectivity index (χ4n) is 3.09. The molecule has 0 N–H and O–H groups in total. The molecule has 0 fully saturated rings. The van der Waals surface area contributed by atoms with Crippen LogP contribution in [0.15, 0.2) is 54.5 Å². The summed E-state index contributed by atoms with van der Waals surface area (Å²) in [7, 11) is 0. The normalized spacial score (nSPS) is 13.6. The molecule has 2 heterocycles. The van der Waals surface area contributed by atoms with Gasteiger partial charge in [-0.2, -0.15) is 0 Å². The highest BCUT2D eigenvalue weighted by Gasteiger charge is 2.26. The molecule has 0 atom stereocenters. The first kappa shape index (κ1) is 17.5. The minimum absolute atomic E-state index is 0.212. The van der Waals surface area contributed by atoms with Crippen LogP contribution in [0.2, 0.25) is 0 Å². The molecule has 0 aliphatic carbocycles. The summed E-state index contributed by atoms with van der Waals surface area (Å²) in [6, 6.07) is 14.1. The molecule has 0 bridgehead atoms. The van der Waals surface area contributed by atoms with E-state index in [1.807, 2.05) is 36.4 Å². The van der Waals surface area contributed by atoms with E-state index in [1.54, 1.807) is 4.90 Å². The molecule has 1 aliphatic heterocycles. The SMILES string of the molecule is Cc1cc(C)c2sc(N(Cc3ccccc3)C(=O)C3=COCCO3)nc2c1. The Balaban J connectivity index is 1.76. The molecule has 0 spiro atoms. The number of benzene rings is 2. The quantitative estimate of drug-likeness (QED) is 0.676. The lowest BCUT2D eigenvalue weighted by atomic mass is 10.1. The average molecular weight is 380 g/mol. The van der Waals surface area contributed by atoms with Gasteiger partial charge in [0.25, 0.3) is 5.91 Å². The van der Waals surface area contributed by atoms with E-state index in [0.29, 0.717) is 24.9 Å². The molecule has 6 heteroatoms. The first-order valence-corrected chi connectivity index (χ1v) is 9.61. The van der Waals surface area contributed by atoms with Crippen LogP contribution in [0, 0.1) is 13.8 Å². The Hall–Kier alpha value is -2.86. The van der Waals surface area contributed by atoms with Crippen molar-refractivity contribution in [2.24, 2.45) is 0 Å². The van der Waals surface area contributed by atoms with Crippen molar-refractivity contribution >= 4 is 32.6 Å². The smallest absolute Gasteiger partial charge is 0.298 e. The number of nitrogens with zero attached hydrogens (tertiary/aromatic N) is 2. The van der Waals surface area contributed by atoms with Crippen molar-refractivity contribution < 1.29 is 14.3 Å². The third-order valence-electron chi connectivity index (χ3n) is 4.33. The first-order chi connectivity index (χ1) is 13.1. The molecule has 2 aromatic carbocycles. The van der Waals surface area contributed by atoms with Crippen LogP contribution in [0.25, 0.3) is 10.2 Å². The van der Waals surface area contributed by atoms with E-state index in [0.717, 1.165) is 26.9 Å². The average Bonchev–Trinajstić information content (AvgIpc) is 3.11. The lowest BCUT2D eigenvalue weighted by Gasteiger charge is -2.23. The highest BCUT2D eigenvalue weighted by Crippen LogP contribution is 2.33. The van der Waals surface area contributed by atoms with Crippen molar-refractivity contribution in [2.45, 2.75) is 20.4 Å². The van der Waals surface area contributed by atoms with Crippen molar-refractivity contribution in [3.8, 4) is 0 Å². The molecule has 138 valence electrons. The summed E-state index contributed by atoms with van der Waals surface area (Å²) in [5.41, 5.74) is 4.25. The van der Waals surface area contributed by atoms with Gasteiger partial charge < -0.3 is 9.47 Å². The van der Waals surface area contributed by atoms with Crippen LogP contribution in [0.4, 0.5) is 5.13 Å². The number of aryl methyl sites for hydroxylation is 2. The molecule has 0 saturated carbocycles. The van der Waals surface area contributed by atoms with Gasteiger partial charge in [0, 0.05) is 0 Å². The summed E-state index contributed by atoms with van der Waals surface area (Å²) in [5, 5.41) is 0.655. The topological polar surface area (TPSA) is 51.7 Å². The number of hydrogen-bond acceptors (Lipinski definition) is 5. The zero-order chi connectivity index (χ0) is 18.8. The van der Waals surface area contributed by atoms with E-state index in [-0.39, 0.29) is 11.7 Å². The lowest BCUT2D eigenvalue weighted by molar-refractivity contribution is -0.119. The third-order valence-corrected chi connectivity index (χ3v) is 5.56. The van der Waals surface area contributed by atoms with Crippen molar-refractivity contribution in [2.75, 3.05) is 18.1 Å². The van der Waals surface area contributed by atoms with Crippen LogP contribution < -0.4 is 4.90 Å². The Bertz CT molecular complexity index is 1010. The summed E-state index contributed by atoms with van der Waals surface area (Å²) in [6.07, 6.45) is 1.40. The Morgan fingerprint density at radius 1 is 1.19 bits per heavy atom. The highest BCUT2D eigenvalue weighted by atomic mass is 32.1. The molecular weight excluding hydrogens is 360 g/mol. The molecule has 27 heavy (non-hydrogen) atoms. The molecule has 5 nitrogen and oxygen atoms in total. The van der Waals surface area contributed by atoms with E-state index in [2.05, 4.69) is 19.9 Å². The number of anilines is 1. The number of amides is 1. The van der Waals surface area contributed by atoms with Gasteiger partial charge in [0.1, 0.15) is 19.5 Å². The molecule has 1 aliphatic rings. The van der Waals surface area contributed by atoms with Gasteiger partial charge in [-0.3, -0.25) is 9.69 Å². The number of rotatable bonds is 4. The predicted molar refractivity (Wildman–Crippen MR) is 107 cm³/mol. The van der Waals surface area contributed by atoms with Crippen molar-refractivity contribution in [3.05, 3.63) is 71.2 Å². The molecular formula is C21H20N2O3S. The summed E-state index contributed by atoms with van der Waals surface area (Å²) in [6.45, 7) is 5.36. The van der Waals surface area contributed by atoms with E-state index in [9.17, 15) is 4.79 Å². The zero-order valence-electron chi connectivity index (χ0n) is 15.3. The molecule has 4 rings (SSSR count). The van der Waals surface area contributed by atoms with Gasteiger partial charge in [-0.05, 0) is 36.6 Å².